The first-order valence-corrected chi connectivity index (χ1v) is 7.61. The highest BCUT2D eigenvalue weighted by atomic mass is 16.5. The average molecular weight is 324 g/mol. The first-order chi connectivity index (χ1) is 11.7. The molecule has 2 rings (SSSR count). The van der Waals surface area contributed by atoms with Crippen molar-refractivity contribution in [3.8, 4) is 5.75 Å². The van der Waals surface area contributed by atoms with Crippen LogP contribution in [0.5, 0.6) is 5.75 Å². The molecule has 0 unspecified atom stereocenters. The SMILES string of the molecule is C=CCNC(=O)CC(=O)Nc1ccc(OCc2ccccc2)cc1. The molecule has 5 nitrogen and oxygen atoms in total. The smallest absolute Gasteiger partial charge is 0.233 e. The molecule has 0 aliphatic rings. The molecule has 2 aromatic carbocycles. The van der Waals surface area contributed by atoms with Crippen molar-refractivity contribution in [2.75, 3.05) is 11.9 Å². The van der Waals surface area contributed by atoms with Crippen molar-refractivity contribution in [1.29, 1.82) is 0 Å². The van der Waals surface area contributed by atoms with Gasteiger partial charge in [-0.25, -0.2) is 0 Å². The van der Waals surface area contributed by atoms with Crippen molar-refractivity contribution in [3.05, 3.63) is 72.8 Å². The topological polar surface area (TPSA) is 67.4 Å². The van der Waals surface area contributed by atoms with Gasteiger partial charge in [-0.15, -0.1) is 6.58 Å². The van der Waals surface area contributed by atoms with Gasteiger partial charge < -0.3 is 15.4 Å². The van der Waals surface area contributed by atoms with Gasteiger partial charge in [-0.1, -0.05) is 36.4 Å². The number of ether oxygens (including phenoxy) is 1. The van der Waals surface area contributed by atoms with E-state index < -0.39 is 0 Å². The lowest BCUT2D eigenvalue weighted by atomic mass is 10.2. The van der Waals surface area contributed by atoms with Gasteiger partial charge in [0.25, 0.3) is 0 Å². The predicted octanol–water partition coefficient (Wildman–Crippen LogP) is 2.90. The van der Waals surface area contributed by atoms with Crippen molar-refractivity contribution in [2.24, 2.45) is 0 Å². The number of hydrogen-bond acceptors (Lipinski definition) is 3. The zero-order chi connectivity index (χ0) is 17.2. The Morgan fingerprint density at radius 2 is 1.71 bits per heavy atom. The van der Waals surface area contributed by atoms with Gasteiger partial charge in [0, 0.05) is 12.2 Å². The van der Waals surface area contributed by atoms with Crippen LogP contribution >= 0.6 is 0 Å². The molecule has 0 saturated heterocycles. The van der Waals surface area contributed by atoms with Gasteiger partial charge in [-0.2, -0.15) is 0 Å². The Labute approximate surface area is 141 Å². The maximum atomic E-state index is 11.8. The molecule has 124 valence electrons. The number of carbonyl (C=O) groups is 2. The second-order valence-electron chi connectivity index (χ2n) is 5.12. The van der Waals surface area contributed by atoms with Crippen LogP contribution in [0.4, 0.5) is 5.69 Å². The van der Waals surface area contributed by atoms with Gasteiger partial charge >= 0.3 is 0 Å². The highest BCUT2D eigenvalue weighted by molar-refractivity contribution is 6.03. The quantitative estimate of drug-likeness (QED) is 0.579. The summed E-state index contributed by atoms with van der Waals surface area (Å²) < 4.78 is 5.67. The van der Waals surface area contributed by atoms with Crippen molar-refractivity contribution in [1.82, 2.24) is 5.32 Å². The summed E-state index contributed by atoms with van der Waals surface area (Å²) in [6.45, 7) is 4.32. The van der Waals surface area contributed by atoms with Gasteiger partial charge in [0.2, 0.25) is 11.8 Å². The number of anilines is 1. The van der Waals surface area contributed by atoms with Crippen molar-refractivity contribution in [3.63, 3.8) is 0 Å². The minimum Gasteiger partial charge on any atom is -0.489 e. The molecule has 0 atom stereocenters. The molecule has 0 spiro atoms. The molecular formula is C19H20N2O3. The van der Waals surface area contributed by atoms with E-state index in [0.29, 0.717) is 24.6 Å². The highest BCUT2D eigenvalue weighted by Crippen LogP contribution is 2.17. The Morgan fingerprint density at radius 1 is 1.00 bits per heavy atom. The highest BCUT2D eigenvalue weighted by Gasteiger charge is 2.08. The third-order valence-electron chi connectivity index (χ3n) is 3.15. The largest absolute Gasteiger partial charge is 0.489 e. The van der Waals surface area contributed by atoms with Crippen LogP contribution in [0.15, 0.2) is 67.3 Å². The molecule has 0 aliphatic carbocycles. The molecule has 2 N–H and O–H groups in total. The fraction of sp³-hybridized carbons (Fsp3) is 0.158. The maximum Gasteiger partial charge on any atom is 0.233 e. The van der Waals surface area contributed by atoms with Crippen molar-refractivity contribution < 1.29 is 14.3 Å². The van der Waals surface area contributed by atoms with Crippen molar-refractivity contribution >= 4 is 17.5 Å². The molecule has 0 bridgehead atoms. The van der Waals surface area contributed by atoms with E-state index in [0.717, 1.165) is 5.56 Å². The Bertz CT molecular complexity index is 682. The zero-order valence-electron chi connectivity index (χ0n) is 13.3. The molecule has 0 saturated carbocycles. The number of carbonyl (C=O) groups excluding carboxylic acids is 2. The van der Waals surface area contributed by atoms with Crippen LogP contribution in [0.3, 0.4) is 0 Å². The zero-order valence-corrected chi connectivity index (χ0v) is 13.3. The first kappa shape index (κ1) is 17.3. The van der Waals surface area contributed by atoms with Gasteiger partial charge in [-0.05, 0) is 29.8 Å². The summed E-state index contributed by atoms with van der Waals surface area (Å²) in [7, 11) is 0. The van der Waals surface area contributed by atoms with E-state index in [4.69, 9.17) is 4.74 Å². The summed E-state index contributed by atoms with van der Waals surface area (Å²) >= 11 is 0. The molecule has 0 radical (unpaired) electrons. The maximum absolute atomic E-state index is 11.8. The molecule has 2 aromatic rings. The third-order valence-corrected chi connectivity index (χ3v) is 3.15. The van der Waals surface area contributed by atoms with E-state index >= 15 is 0 Å². The molecule has 24 heavy (non-hydrogen) atoms. The lowest BCUT2D eigenvalue weighted by Gasteiger charge is -2.08. The Balaban J connectivity index is 1.80. The summed E-state index contributed by atoms with van der Waals surface area (Å²) in [5.41, 5.74) is 1.70. The summed E-state index contributed by atoms with van der Waals surface area (Å²) in [4.78, 5) is 23.2. The minimum atomic E-state index is -0.366. The lowest BCUT2D eigenvalue weighted by molar-refractivity contribution is -0.126. The fourth-order valence-electron chi connectivity index (χ4n) is 1.97. The van der Waals surface area contributed by atoms with Crippen LogP contribution in [-0.2, 0) is 16.2 Å². The molecule has 0 fully saturated rings. The first-order valence-electron chi connectivity index (χ1n) is 7.61. The van der Waals surface area contributed by atoms with Crippen LogP contribution in [0.25, 0.3) is 0 Å². The van der Waals surface area contributed by atoms with E-state index in [1.165, 1.54) is 0 Å². The molecule has 2 amide bonds. The second kappa shape index (κ2) is 9.15. The fourth-order valence-corrected chi connectivity index (χ4v) is 1.97. The number of hydrogen-bond donors (Lipinski definition) is 2. The van der Waals surface area contributed by atoms with Crippen molar-refractivity contribution in [2.45, 2.75) is 13.0 Å². The monoisotopic (exact) mass is 324 g/mol. The number of rotatable bonds is 8. The van der Waals surface area contributed by atoms with Crippen LogP contribution in [0, 0.1) is 0 Å². The van der Waals surface area contributed by atoms with Crippen LogP contribution in [-0.4, -0.2) is 18.4 Å². The second-order valence-corrected chi connectivity index (χ2v) is 5.12. The average Bonchev–Trinajstić information content (AvgIpc) is 2.60. The summed E-state index contributed by atoms with van der Waals surface area (Å²) in [6, 6.07) is 16.9. The molecule has 0 aliphatic heterocycles. The Morgan fingerprint density at radius 3 is 2.38 bits per heavy atom. The van der Waals surface area contributed by atoms with Gasteiger partial charge in [0.15, 0.2) is 0 Å². The van der Waals surface area contributed by atoms with E-state index in [2.05, 4.69) is 17.2 Å². The molecule has 5 heteroatoms. The summed E-state index contributed by atoms with van der Waals surface area (Å²) in [5.74, 6) is 0.00492. The summed E-state index contributed by atoms with van der Waals surface area (Å²) in [5, 5.41) is 5.22. The number of nitrogens with one attached hydrogen (secondary N) is 2. The van der Waals surface area contributed by atoms with Crippen LogP contribution in [0.2, 0.25) is 0 Å². The Hall–Kier alpha value is -3.08. The molecule has 0 heterocycles. The van der Waals surface area contributed by atoms with Gasteiger partial charge in [-0.3, -0.25) is 9.59 Å². The van der Waals surface area contributed by atoms with E-state index in [9.17, 15) is 9.59 Å². The third kappa shape index (κ3) is 5.96. The molecular weight excluding hydrogens is 304 g/mol. The number of benzene rings is 2. The lowest BCUT2D eigenvalue weighted by Crippen LogP contribution is -2.28. The van der Waals surface area contributed by atoms with Gasteiger partial charge in [0.1, 0.15) is 18.8 Å². The predicted molar refractivity (Wildman–Crippen MR) is 93.7 cm³/mol. The van der Waals surface area contributed by atoms with Gasteiger partial charge in [0.05, 0.1) is 0 Å². The molecule has 0 aromatic heterocycles. The van der Waals surface area contributed by atoms with E-state index in [1.54, 1.807) is 30.3 Å². The van der Waals surface area contributed by atoms with Crippen LogP contribution in [0.1, 0.15) is 12.0 Å². The minimum absolute atomic E-state index is 0.222. The normalized spacial score (nSPS) is 9.83. The Kier molecular flexibility index (Phi) is 6.58. The van der Waals surface area contributed by atoms with E-state index in [-0.39, 0.29) is 18.2 Å². The number of amides is 2. The standard InChI is InChI=1S/C19H20N2O3/c1-2-12-20-18(22)13-19(23)21-16-8-10-17(11-9-16)24-14-15-6-4-3-5-7-15/h2-11H,1,12-14H2,(H,20,22)(H,21,23). The van der Waals surface area contributed by atoms with Crippen LogP contribution < -0.4 is 15.4 Å². The summed E-state index contributed by atoms with van der Waals surface area (Å²) in [6.07, 6.45) is 1.34. The van der Waals surface area contributed by atoms with E-state index in [1.807, 2.05) is 30.3 Å².